The van der Waals surface area contributed by atoms with Crippen molar-refractivity contribution < 1.29 is 17.9 Å². The predicted molar refractivity (Wildman–Crippen MR) is 261 cm³/mol. The number of fused-ring (bicyclic) bond motifs is 4. The van der Waals surface area contributed by atoms with Gasteiger partial charge in [0.15, 0.2) is 0 Å². The van der Waals surface area contributed by atoms with Crippen LogP contribution >= 0.6 is 0 Å². The minimum atomic E-state index is -3.23. The Kier molecular flexibility index (Phi) is 9.27. The zero-order chi connectivity index (χ0) is 44.9. The maximum absolute atomic E-state index is 12.0. The molecule has 6 aliphatic carbocycles. The van der Waals surface area contributed by atoms with Crippen LogP contribution in [0.2, 0.25) is 0 Å². The molecular weight excluding hydrogens is 837 g/mol. The van der Waals surface area contributed by atoms with Crippen molar-refractivity contribution in [3.05, 3.63) is 131 Å². The van der Waals surface area contributed by atoms with E-state index in [0.717, 1.165) is 70.6 Å². The fourth-order valence-corrected chi connectivity index (χ4v) is 17.8. The average molecular weight is 903 g/mol. The van der Waals surface area contributed by atoms with Gasteiger partial charge in [0.2, 0.25) is 10.0 Å². The van der Waals surface area contributed by atoms with Crippen molar-refractivity contribution in [1.82, 2.24) is 14.7 Å². The van der Waals surface area contributed by atoms with Crippen LogP contribution in [0.5, 0.6) is 0 Å². The van der Waals surface area contributed by atoms with E-state index in [1.165, 1.54) is 93.3 Å². The highest BCUT2D eigenvalue weighted by Crippen LogP contribution is 2.71. The van der Waals surface area contributed by atoms with E-state index < -0.39 is 10.0 Å². The topological polar surface area (TPSA) is 116 Å². The van der Waals surface area contributed by atoms with Crippen LogP contribution in [0.1, 0.15) is 140 Å². The maximum atomic E-state index is 12.0. The smallest absolute Gasteiger partial charge is 0.208 e. The summed E-state index contributed by atoms with van der Waals surface area (Å²) < 4.78 is 41.3. The molecule has 66 heavy (non-hydrogen) atoms. The van der Waals surface area contributed by atoms with Crippen molar-refractivity contribution in [3.63, 3.8) is 0 Å². The van der Waals surface area contributed by atoms with Crippen molar-refractivity contribution >= 4 is 31.6 Å². The van der Waals surface area contributed by atoms with E-state index in [4.69, 9.17) is 15.2 Å². The number of nitrogens with zero attached hydrogens (tertiary/aromatic N) is 2. The van der Waals surface area contributed by atoms with Crippen molar-refractivity contribution in [2.24, 2.45) is 28.4 Å². The third-order valence-electron chi connectivity index (χ3n) is 19.9. The highest BCUT2D eigenvalue weighted by Gasteiger charge is 2.68. The normalized spacial score (nSPS) is 41.5. The first-order valence-electron chi connectivity index (χ1n) is 25.4. The average Bonchev–Trinajstić information content (AvgIpc) is 4.03. The molecule has 14 rings (SSSR count). The summed E-state index contributed by atoms with van der Waals surface area (Å²) in [4.78, 5) is 8.71. The number of hydrogen-bond donors (Lipinski definition) is 2. The highest BCUT2D eigenvalue weighted by atomic mass is 32.2. The fraction of sp³-hybridized carbons (Fsp3) is 0.544. The molecule has 344 valence electrons. The number of rotatable bonds is 4. The fourth-order valence-electron chi connectivity index (χ4n) is 17.0. The summed E-state index contributed by atoms with van der Waals surface area (Å²) in [6, 6.07) is 18.4. The Labute approximate surface area is 391 Å². The molecule has 0 radical (unpaired) electrons. The number of sulfonamides is 1. The summed E-state index contributed by atoms with van der Waals surface area (Å²) in [5.41, 5.74) is 14.9. The molecule has 8 nitrogen and oxygen atoms in total. The molecule has 6 heterocycles. The van der Waals surface area contributed by atoms with Crippen LogP contribution in [0, 0.1) is 22.7 Å². The molecule has 0 amide bonds. The number of aromatic nitrogens is 2. The molecule has 4 aromatic rings. The molecule has 10 aliphatic rings. The Morgan fingerprint density at radius 2 is 1.15 bits per heavy atom. The standard InChI is InChI=1S/C29H34N2O3S.C28H32N2O/c1-27-11-9-23-16-22-5-6-24(31-35(2,32)33)17-28(22)12-13-29(23,34-28)26(27)8-7-25(27)20-4-3-19-10-14-30-18-21(19)15-20;1-26-10-8-22-15-21-4-5-23(29)16-27(21)11-12-28(22,31-27)25(26)7-6-24(26)19-3-2-18-9-13-30-17-20(18)14-19/h3-4,9-10,14-16,18,24-26,31H,5-8,11-13,17H2,1-2H3;2-3,8-9,13-15,17,23-25H,4-7,10-12,16,29H2,1H3/t24-,25-,26-,27-,28-,29-;23-,24-,25-,26-,27-,28-/m11/s1. The highest BCUT2D eigenvalue weighted by molar-refractivity contribution is 7.88. The first kappa shape index (κ1) is 42.1. The van der Waals surface area contributed by atoms with Crippen molar-refractivity contribution in [2.75, 3.05) is 6.26 Å². The number of nitrogens with one attached hydrogen (secondary N) is 1. The summed E-state index contributed by atoms with van der Waals surface area (Å²) in [5.74, 6) is 2.14. The number of allylic oxidation sites excluding steroid dienone is 2. The minimum absolute atomic E-state index is 0.0414. The van der Waals surface area contributed by atoms with Crippen LogP contribution in [-0.4, -0.2) is 59.1 Å². The summed E-state index contributed by atoms with van der Waals surface area (Å²) in [6.45, 7) is 5.04. The van der Waals surface area contributed by atoms with Gasteiger partial charge in [0, 0.05) is 47.6 Å². The molecule has 2 aromatic heterocycles. The molecular formula is C57H66N4O4S. The lowest BCUT2D eigenvalue weighted by atomic mass is 9.58. The van der Waals surface area contributed by atoms with Gasteiger partial charge in [-0.2, -0.15) is 0 Å². The molecule has 4 bridgehead atoms. The van der Waals surface area contributed by atoms with Gasteiger partial charge in [-0.25, -0.2) is 13.1 Å². The molecule has 4 spiro atoms. The lowest BCUT2D eigenvalue weighted by molar-refractivity contribution is -0.135. The molecule has 9 heteroatoms. The van der Waals surface area contributed by atoms with Crippen LogP contribution in [0.15, 0.2) is 120 Å². The summed E-state index contributed by atoms with van der Waals surface area (Å²) in [6.07, 6.45) is 36.3. The quantitative estimate of drug-likeness (QED) is 0.209. The third-order valence-corrected chi connectivity index (χ3v) is 20.7. The third kappa shape index (κ3) is 6.10. The van der Waals surface area contributed by atoms with Gasteiger partial charge < -0.3 is 15.2 Å². The number of benzene rings is 2. The van der Waals surface area contributed by atoms with Gasteiger partial charge in [0.1, 0.15) is 0 Å². The van der Waals surface area contributed by atoms with Gasteiger partial charge in [0.05, 0.1) is 28.7 Å². The Morgan fingerprint density at radius 1 is 0.636 bits per heavy atom. The molecule has 4 saturated carbocycles. The Morgan fingerprint density at radius 3 is 1.68 bits per heavy atom. The first-order chi connectivity index (χ1) is 31.7. The van der Waals surface area contributed by atoms with Crippen molar-refractivity contribution in [3.8, 4) is 0 Å². The minimum Gasteiger partial charge on any atom is -0.359 e. The monoisotopic (exact) mass is 902 g/mol. The van der Waals surface area contributed by atoms with Gasteiger partial charge >= 0.3 is 0 Å². The van der Waals surface area contributed by atoms with Crippen molar-refractivity contribution in [2.45, 2.75) is 163 Å². The number of nitrogens with two attached hydrogens (primary N) is 1. The Balaban J connectivity index is 0.000000133. The zero-order valence-corrected chi connectivity index (χ0v) is 39.8. The lowest BCUT2D eigenvalue weighted by Crippen LogP contribution is -2.55. The molecule has 6 fully saturated rings. The lowest BCUT2D eigenvalue weighted by Gasteiger charge is -2.54. The second-order valence-electron chi connectivity index (χ2n) is 23.2. The van der Waals surface area contributed by atoms with Gasteiger partial charge in [-0.3, -0.25) is 9.97 Å². The van der Waals surface area contributed by atoms with E-state index in [9.17, 15) is 8.42 Å². The van der Waals surface area contributed by atoms with Gasteiger partial charge in [-0.1, -0.05) is 62.4 Å². The number of hydrogen-bond acceptors (Lipinski definition) is 7. The predicted octanol–water partition coefficient (Wildman–Crippen LogP) is 11.2. The summed E-state index contributed by atoms with van der Waals surface area (Å²) in [5, 5.41) is 5.00. The molecule has 12 atom stereocenters. The van der Waals surface area contributed by atoms with Crippen LogP contribution in [0.3, 0.4) is 0 Å². The summed E-state index contributed by atoms with van der Waals surface area (Å²) in [7, 11) is -3.23. The molecule has 0 unspecified atom stereocenters. The van der Waals surface area contributed by atoms with Crippen LogP contribution in [-0.2, 0) is 19.5 Å². The SMILES string of the molecule is C[C@]12CC=C3C=C4CC[C@@H](N)C[C@]45CC[C@]3(O5)[C@@H]1CC[C@@H]2c1ccc2ccncc2c1.C[C@]12CC=C3C=C4CC[C@@H](NS(C)(=O)=O)C[C@]45CC[C@]3(O5)[C@@H]1CC[C@@H]2c1ccc2ccncc2c1. The van der Waals surface area contributed by atoms with E-state index in [1.807, 2.05) is 24.8 Å². The van der Waals surface area contributed by atoms with E-state index in [2.05, 4.69) is 101 Å². The first-order valence-corrected chi connectivity index (χ1v) is 27.3. The summed E-state index contributed by atoms with van der Waals surface area (Å²) >= 11 is 0. The molecule has 2 aromatic carbocycles. The molecule has 2 saturated heterocycles. The van der Waals surface area contributed by atoms with Gasteiger partial charge in [-0.05, 0) is 206 Å². The Bertz CT molecular complexity index is 2940. The van der Waals surface area contributed by atoms with Crippen LogP contribution in [0.25, 0.3) is 21.5 Å². The van der Waals surface area contributed by atoms with Crippen molar-refractivity contribution in [1.29, 1.82) is 0 Å². The van der Waals surface area contributed by atoms with Crippen LogP contribution < -0.4 is 10.5 Å². The zero-order valence-electron chi connectivity index (χ0n) is 39.0. The van der Waals surface area contributed by atoms with Gasteiger partial charge in [-0.15, -0.1) is 0 Å². The second kappa shape index (κ2) is 14.5. The second-order valence-corrected chi connectivity index (χ2v) is 25.0. The number of pyridine rings is 2. The Hall–Kier alpha value is -3.99. The van der Waals surface area contributed by atoms with E-state index in [0.29, 0.717) is 23.7 Å². The molecule has 4 aliphatic heterocycles. The number of ether oxygens (including phenoxy) is 2. The maximum Gasteiger partial charge on any atom is 0.208 e. The van der Waals surface area contributed by atoms with E-state index in [1.54, 1.807) is 0 Å². The van der Waals surface area contributed by atoms with Crippen LogP contribution in [0.4, 0.5) is 0 Å². The van der Waals surface area contributed by atoms with E-state index >= 15 is 0 Å². The molecule has 3 N–H and O–H groups in total. The van der Waals surface area contributed by atoms with E-state index in [-0.39, 0.29) is 45.3 Å². The van der Waals surface area contributed by atoms with Gasteiger partial charge in [0.25, 0.3) is 0 Å². The largest absolute Gasteiger partial charge is 0.359 e.